The number of aryl methyl sites for hydroxylation is 1. The van der Waals surface area contributed by atoms with Crippen LogP contribution in [0, 0.1) is 12.7 Å². The number of hydrogen-bond donors (Lipinski definition) is 1. The van der Waals surface area contributed by atoms with E-state index in [2.05, 4.69) is 29.3 Å². The lowest BCUT2D eigenvalue weighted by atomic mass is 10.1. The molecule has 1 unspecified atom stereocenters. The molecule has 0 spiro atoms. The molecule has 0 radical (unpaired) electrons. The van der Waals surface area contributed by atoms with E-state index in [1.807, 2.05) is 0 Å². The van der Waals surface area contributed by atoms with E-state index < -0.39 is 0 Å². The predicted molar refractivity (Wildman–Crippen MR) is 75.9 cm³/mol. The number of halogens is 1. The Morgan fingerprint density at radius 1 is 1.35 bits per heavy atom. The van der Waals surface area contributed by atoms with Gasteiger partial charge in [0.15, 0.2) is 0 Å². The van der Waals surface area contributed by atoms with Gasteiger partial charge in [-0.25, -0.2) is 4.39 Å². The first-order chi connectivity index (χ1) is 9.63. The quantitative estimate of drug-likeness (QED) is 0.881. The largest absolute Gasteiger partial charge is 0.339 e. The predicted octanol–water partition coefficient (Wildman–Crippen LogP) is 3.11. The Morgan fingerprint density at radius 2 is 2.15 bits per heavy atom. The normalized spacial score (nSPS) is 12.6. The van der Waals surface area contributed by atoms with Gasteiger partial charge in [0, 0.05) is 18.0 Å². The van der Waals surface area contributed by atoms with Crippen molar-refractivity contribution in [1.29, 1.82) is 0 Å². The van der Waals surface area contributed by atoms with Crippen LogP contribution in [0.15, 0.2) is 22.7 Å². The van der Waals surface area contributed by atoms with Crippen LogP contribution in [0.3, 0.4) is 0 Å². The summed E-state index contributed by atoms with van der Waals surface area (Å²) >= 11 is 0. The molecule has 1 atom stereocenters. The minimum atomic E-state index is -0.257. The average Bonchev–Trinajstić information content (AvgIpc) is 2.90. The minimum Gasteiger partial charge on any atom is -0.339 e. The van der Waals surface area contributed by atoms with E-state index in [1.54, 1.807) is 19.1 Å². The molecule has 0 aliphatic carbocycles. The van der Waals surface area contributed by atoms with Crippen molar-refractivity contribution in [1.82, 2.24) is 15.5 Å². The number of rotatable bonds is 6. The second-order valence-electron chi connectivity index (χ2n) is 4.84. The number of benzene rings is 1. The molecule has 1 aromatic heterocycles. The van der Waals surface area contributed by atoms with Gasteiger partial charge in [0.25, 0.3) is 0 Å². The lowest BCUT2D eigenvalue weighted by Crippen LogP contribution is -2.30. The van der Waals surface area contributed by atoms with Crippen LogP contribution >= 0.6 is 0 Å². The van der Waals surface area contributed by atoms with Crippen LogP contribution in [0.2, 0.25) is 0 Å². The van der Waals surface area contributed by atoms with Crippen molar-refractivity contribution in [2.45, 2.75) is 39.7 Å². The highest BCUT2D eigenvalue weighted by Gasteiger charge is 2.14. The van der Waals surface area contributed by atoms with Gasteiger partial charge in [0.05, 0.1) is 0 Å². The summed E-state index contributed by atoms with van der Waals surface area (Å²) in [5, 5.41) is 7.28. The van der Waals surface area contributed by atoms with Crippen LogP contribution in [0.5, 0.6) is 0 Å². The summed E-state index contributed by atoms with van der Waals surface area (Å²) in [6.07, 6.45) is 1.68. The second kappa shape index (κ2) is 6.61. The SMILES string of the molecule is CCNC(CC)Cc1nc(-c2ccc(C)c(F)c2)no1. The van der Waals surface area contributed by atoms with Crippen molar-refractivity contribution in [2.75, 3.05) is 6.54 Å². The number of likely N-dealkylation sites (N-methyl/N-ethyl adjacent to an activating group) is 1. The first kappa shape index (κ1) is 14.7. The molecule has 5 heteroatoms. The van der Waals surface area contributed by atoms with Gasteiger partial charge in [-0.05, 0) is 31.5 Å². The zero-order chi connectivity index (χ0) is 14.5. The summed E-state index contributed by atoms with van der Waals surface area (Å²) in [4.78, 5) is 4.34. The maximum absolute atomic E-state index is 13.5. The Labute approximate surface area is 118 Å². The van der Waals surface area contributed by atoms with E-state index in [-0.39, 0.29) is 5.82 Å². The van der Waals surface area contributed by atoms with Crippen LogP contribution in [0.1, 0.15) is 31.7 Å². The number of nitrogens with one attached hydrogen (secondary N) is 1. The summed E-state index contributed by atoms with van der Waals surface area (Å²) in [6, 6.07) is 5.28. The monoisotopic (exact) mass is 277 g/mol. The third-order valence-corrected chi connectivity index (χ3v) is 3.30. The molecule has 2 aromatic rings. The Morgan fingerprint density at radius 3 is 2.80 bits per heavy atom. The molecular formula is C15H20FN3O. The van der Waals surface area contributed by atoms with Gasteiger partial charge < -0.3 is 9.84 Å². The second-order valence-corrected chi connectivity index (χ2v) is 4.84. The molecule has 0 bridgehead atoms. The first-order valence-electron chi connectivity index (χ1n) is 6.96. The van der Waals surface area contributed by atoms with E-state index in [1.165, 1.54) is 6.07 Å². The zero-order valence-electron chi connectivity index (χ0n) is 12.1. The van der Waals surface area contributed by atoms with Gasteiger partial charge in [-0.3, -0.25) is 0 Å². The molecule has 1 aromatic carbocycles. The van der Waals surface area contributed by atoms with Crippen molar-refractivity contribution in [3.8, 4) is 11.4 Å². The molecule has 0 fully saturated rings. The lowest BCUT2D eigenvalue weighted by Gasteiger charge is -2.12. The smallest absolute Gasteiger partial charge is 0.228 e. The molecule has 4 nitrogen and oxygen atoms in total. The third-order valence-electron chi connectivity index (χ3n) is 3.30. The van der Waals surface area contributed by atoms with E-state index >= 15 is 0 Å². The number of hydrogen-bond acceptors (Lipinski definition) is 4. The van der Waals surface area contributed by atoms with Crippen molar-refractivity contribution < 1.29 is 8.91 Å². The molecule has 108 valence electrons. The molecule has 0 saturated carbocycles. The van der Waals surface area contributed by atoms with Gasteiger partial charge in [-0.15, -0.1) is 0 Å². The molecule has 0 amide bonds. The van der Waals surface area contributed by atoms with Crippen LogP contribution in [0.4, 0.5) is 4.39 Å². The fourth-order valence-electron chi connectivity index (χ4n) is 2.05. The highest BCUT2D eigenvalue weighted by molar-refractivity contribution is 5.54. The van der Waals surface area contributed by atoms with Crippen molar-refractivity contribution in [3.05, 3.63) is 35.5 Å². The molecule has 0 aliphatic heterocycles. The summed E-state index contributed by atoms with van der Waals surface area (Å²) in [6.45, 7) is 6.81. The number of aromatic nitrogens is 2. The van der Waals surface area contributed by atoms with Gasteiger partial charge in [-0.2, -0.15) is 4.98 Å². The van der Waals surface area contributed by atoms with Gasteiger partial charge >= 0.3 is 0 Å². The standard InChI is InChI=1S/C15H20FN3O/c1-4-12(17-5-2)9-14-18-15(19-20-14)11-7-6-10(3)13(16)8-11/h6-8,12,17H,4-5,9H2,1-3H3. The van der Waals surface area contributed by atoms with Crippen LogP contribution in [0.25, 0.3) is 11.4 Å². The molecule has 2 rings (SSSR count). The highest BCUT2D eigenvalue weighted by Crippen LogP contribution is 2.19. The Hall–Kier alpha value is -1.75. The van der Waals surface area contributed by atoms with Crippen molar-refractivity contribution in [3.63, 3.8) is 0 Å². The summed E-state index contributed by atoms with van der Waals surface area (Å²) in [5.41, 5.74) is 1.25. The third kappa shape index (κ3) is 3.42. The van der Waals surface area contributed by atoms with Gasteiger partial charge in [0.2, 0.25) is 11.7 Å². The summed E-state index contributed by atoms with van der Waals surface area (Å²) in [5.74, 6) is 0.756. The van der Waals surface area contributed by atoms with Crippen molar-refractivity contribution >= 4 is 0 Å². The lowest BCUT2D eigenvalue weighted by molar-refractivity contribution is 0.355. The molecule has 0 saturated heterocycles. The highest BCUT2D eigenvalue weighted by atomic mass is 19.1. The Kier molecular flexibility index (Phi) is 4.84. The molecule has 1 N–H and O–H groups in total. The van der Waals surface area contributed by atoms with Crippen LogP contribution in [-0.4, -0.2) is 22.7 Å². The molecule has 1 heterocycles. The van der Waals surface area contributed by atoms with E-state index in [9.17, 15) is 4.39 Å². The minimum absolute atomic E-state index is 0.257. The van der Waals surface area contributed by atoms with E-state index in [0.717, 1.165) is 13.0 Å². The first-order valence-corrected chi connectivity index (χ1v) is 6.96. The Bertz CT molecular complexity index is 568. The Balaban J connectivity index is 2.13. The summed E-state index contributed by atoms with van der Waals surface area (Å²) < 4.78 is 18.8. The maximum atomic E-state index is 13.5. The fraction of sp³-hybridized carbons (Fsp3) is 0.467. The van der Waals surface area contributed by atoms with Gasteiger partial charge in [0.1, 0.15) is 5.82 Å². The average molecular weight is 277 g/mol. The van der Waals surface area contributed by atoms with E-state index in [0.29, 0.717) is 35.3 Å². The fourth-order valence-corrected chi connectivity index (χ4v) is 2.05. The van der Waals surface area contributed by atoms with E-state index in [4.69, 9.17) is 4.52 Å². The van der Waals surface area contributed by atoms with Crippen LogP contribution < -0.4 is 5.32 Å². The molecular weight excluding hydrogens is 257 g/mol. The molecule has 20 heavy (non-hydrogen) atoms. The summed E-state index contributed by atoms with van der Waals surface area (Å²) in [7, 11) is 0. The van der Waals surface area contributed by atoms with Crippen LogP contribution in [-0.2, 0) is 6.42 Å². The van der Waals surface area contributed by atoms with Crippen molar-refractivity contribution in [2.24, 2.45) is 0 Å². The number of nitrogens with zero attached hydrogens (tertiary/aromatic N) is 2. The zero-order valence-corrected chi connectivity index (χ0v) is 12.1. The topological polar surface area (TPSA) is 51.0 Å². The molecule has 0 aliphatic rings. The maximum Gasteiger partial charge on any atom is 0.228 e. The van der Waals surface area contributed by atoms with Gasteiger partial charge in [-0.1, -0.05) is 31.1 Å².